The first kappa shape index (κ1) is 16.0. The number of hydrogen-bond donors (Lipinski definition) is 2. The number of aliphatic hydroxyl groups is 1. The average Bonchev–Trinajstić information content (AvgIpc) is 2.29. The summed E-state index contributed by atoms with van der Waals surface area (Å²) < 4.78 is 6.37. The molecule has 5 heteroatoms. The van der Waals surface area contributed by atoms with Gasteiger partial charge < -0.3 is 15.2 Å². The van der Waals surface area contributed by atoms with Crippen LogP contribution in [0.3, 0.4) is 0 Å². The maximum Gasteiger partial charge on any atom is 0.261 e. The standard InChI is InChI=1S/C14H20BrNO3/c1-9(13(18)16-14(2,3)4)19-12-10(8-17)6-5-7-11(12)15/h5-7,9,17H,8H2,1-4H3,(H,16,18). The minimum atomic E-state index is -0.636. The van der Waals surface area contributed by atoms with E-state index in [1.807, 2.05) is 32.9 Å². The van der Waals surface area contributed by atoms with Crippen molar-refractivity contribution in [2.24, 2.45) is 0 Å². The Hall–Kier alpha value is -1.07. The molecule has 0 aliphatic carbocycles. The van der Waals surface area contributed by atoms with Crippen molar-refractivity contribution in [1.82, 2.24) is 5.32 Å². The van der Waals surface area contributed by atoms with E-state index in [-0.39, 0.29) is 18.1 Å². The fraction of sp³-hybridized carbons (Fsp3) is 0.500. The number of carbonyl (C=O) groups excluding carboxylic acids is 1. The molecule has 0 aliphatic rings. The molecule has 0 saturated heterocycles. The minimum absolute atomic E-state index is 0.137. The second-order valence-corrected chi connectivity index (χ2v) is 6.24. The Labute approximate surface area is 122 Å². The number of ether oxygens (including phenoxy) is 1. The highest BCUT2D eigenvalue weighted by Crippen LogP contribution is 2.30. The van der Waals surface area contributed by atoms with Gasteiger partial charge >= 0.3 is 0 Å². The van der Waals surface area contributed by atoms with Crippen molar-refractivity contribution in [3.05, 3.63) is 28.2 Å². The van der Waals surface area contributed by atoms with Crippen molar-refractivity contribution >= 4 is 21.8 Å². The average molecular weight is 330 g/mol. The van der Waals surface area contributed by atoms with Gasteiger partial charge in [0, 0.05) is 11.1 Å². The first-order valence-corrected chi connectivity index (χ1v) is 6.91. The second-order valence-electron chi connectivity index (χ2n) is 5.39. The van der Waals surface area contributed by atoms with Crippen molar-refractivity contribution in [3.63, 3.8) is 0 Å². The molecule has 1 amide bonds. The van der Waals surface area contributed by atoms with Crippen LogP contribution in [0.5, 0.6) is 5.75 Å². The molecule has 1 aromatic carbocycles. The Kier molecular flexibility index (Phi) is 5.38. The molecule has 0 aliphatic heterocycles. The van der Waals surface area contributed by atoms with Crippen molar-refractivity contribution in [2.75, 3.05) is 0 Å². The zero-order valence-corrected chi connectivity index (χ0v) is 13.2. The van der Waals surface area contributed by atoms with E-state index < -0.39 is 6.10 Å². The summed E-state index contributed by atoms with van der Waals surface area (Å²) in [6.07, 6.45) is -0.636. The van der Waals surface area contributed by atoms with Gasteiger partial charge in [0.05, 0.1) is 11.1 Å². The summed E-state index contributed by atoms with van der Waals surface area (Å²) in [6.45, 7) is 7.28. The molecule has 4 nitrogen and oxygen atoms in total. The van der Waals surface area contributed by atoms with Crippen molar-refractivity contribution in [1.29, 1.82) is 0 Å². The second kappa shape index (κ2) is 6.39. The lowest BCUT2D eigenvalue weighted by atomic mass is 10.1. The number of benzene rings is 1. The maximum atomic E-state index is 12.0. The summed E-state index contributed by atoms with van der Waals surface area (Å²) >= 11 is 3.36. The monoisotopic (exact) mass is 329 g/mol. The summed E-state index contributed by atoms with van der Waals surface area (Å²) in [5.74, 6) is 0.314. The third kappa shape index (κ3) is 4.84. The van der Waals surface area contributed by atoms with Gasteiger partial charge in [0.25, 0.3) is 5.91 Å². The normalized spacial score (nSPS) is 12.9. The Morgan fingerprint density at radius 3 is 2.63 bits per heavy atom. The van der Waals surface area contributed by atoms with E-state index in [2.05, 4.69) is 21.2 Å². The van der Waals surface area contributed by atoms with Crippen molar-refractivity contribution in [2.45, 2.75) is 45.9 Å². The van der Waals surface area contributed by atoms with Crippen LogP contribution in [-0.4, -0.2) is 22.7 Å². The molecule has 0 spiro atoms. The molecule has 0 bridgehead atoms. The lowest BCUT2D eigenvalue weighted by molar-refractivity contribution is -0.128. The molecular weight excluding hydrogens is 310 g/mol. The van der Waals surface area contributed by atoms with Gasteiger partial charge in [0.1, 0.15) is 5.75 Å². The van der Waals surface area contributed by atoms with Crippen LogP contribution in [0, 0.1) is 0 Å². The Bertz CT molecular complexity index is 454. The van der Waals surface area contributed by atoms with Crippen LogP contribution in [0.2, 0.25) is 0 Å². The fourth-order valence-corrected chi connectivity index (χ4v) is 2.01. The quantitative estimate of drug-likeness (QED) is 0.892. The number of halogens is 1. The molecule has 1 aromatic rings. The first-order valence-electron chi connectivity index (χ1n) is 6.11. The van der Waals surface area contributed by atoms with E-state index in [9.17, 15) is 9.90 Å². The topological polar surface area (TPSA) is 58.6 Å². The summed E-state index contributed by atoms with van der Waals surface area (Å²) in [5, 5.41) is 12.1. The van der Waals surface area contributed by atoms with E-state index in [4.69, 9.17) is 4.74 Å². The molecule has 1 atom stereocenters. The summed E-state index contributed by atoms with van der Waals surface area (Å²) in [6, 6.07) is 5.37. The molecule has 0 aromatic heterocycles. The van der Waals surface area contributed by atoms with E-state index in [1.54, 1.807) is 13.0 Å². The maximum absolute atomic E-state index is 12.0. The highest BCUT2D eigenvalue weighted by Gasteiger charge is 2.22. The number of hydrogen-bond acceptors (Lipinski definition) is 3. The number of nitrogens with one attached hydrogen (secondary N) is 1. The van der Waals surface area contributed by atoms with Crippen LogP contribution in [0.1, 0.15) is 33.3 Å². The van der Waals surface area contributed by atoms with E-state index in [0.29, 0.717) is 11.3 Å². The van der Waals surface area contributed by atoms with Gasteiger partial charge in [-0.3, -0.25) is 4.79 Å². The minimum Gasteiger partial charge on any atom is -0.479 e. The number of para-hydroxylation sites is 1. The van der Waals surface area contributed by atoms with Gasteiger partial charge in [0.15, 0.2) is 6.10 Å². The Morgan fingerprint density at radius 2 is 2.11 bits per heavy atom. The number of rotatable bonds is 4. The van der Waals surface area contributed by atoms with Crippen LogP contribution in [-0.2, 0) is 11.4 Å². The molecule has 19 heavy (non-hydrogen) atoms. The molecule has 0 saturated carbocycles. The number of aliphatic hydroxyl groups excluding tert-OH is 1. The molecule has 1 rings (SSSR count). The highest BCUT2D eigenvalue weighted by atomic mass is 79.9. The van der Waals surface area contributed by atoms with Crippen LogP contribution in [0.4, 0.5) is 0 Å². The molecule has 0 heterocycles. The smallest absolute Gasteiger partial charge is 0.261 e. The van der Waals surface area contributed by atoms with Gasteiger partial charge in [-0.1, -0.05) is 12.1 Å². The van der Waals surface area contributed by atoms with Crippen LogP contribution < -0.4 is 10.1 Å². The highest BCUT2D eigenvalue weighted by molar-refractivity contribution is 9.10. The van der Waals surface area contributed by atoms with Gasteiger partial charge in [-0.2, -0.15) is 0 Å². The van der Waals surface area contributed by atoms with Crippen molar-refractivity contribution in [3.8, 4) is 5.75 Å². The summed E-state index contributed by atoms with van der Waals surface area (Å²) in [4.78, 5) is 12.0. The van der Waals surface area contributed by atoms with Crippen molar-refractivity contribution < 1.29 is 14.6 Å². The molecule has 0 radical (unpaired) electrons. The number of carbonyl (C=O) groups is 1. The number of amides is 1. The van der Waals surface area contributed by atoms with Gasteiger partial charge in [-0.25, -0.2) is 0 Å². The fourth-order valence-electron chi connectivity index (χ4n) is 1.51. The van der Waals surface area contributed by atoms with Gasteiger partial charge in [-0.15, -0.1) is 0 Å². The van der Waals surface area contributed by atoms with Gasteiger partial charge in [0.2, 0.25) is 0 Å². The molecular formula is C14H20BrNO3. The molecule has 1 unspecified atom stereocenters. The molecule has 0 fully saturated rings. The SMILES string of the molecule is CC(Oc1c(Br)cccc1CO)C(=O)NC(C)(C)C. The zero-order valence-electron chi connectivity index (χ0n) is 11.7. The summed E-state index contributed by atoms with van der Waals surface area (Å²) in [7, 11) is 0. The van der Waals surface area contributed by atoms with E-state index in [1.165, 1.54) is 0 Å². The molecule has 106 valence electrons. The third-order valence-electron chi connectivity index (χ3n) is 2.38. The van der Waals surface area contributed by atoms with Crippen LogP contribution in [0.15, 0.2) is 22.7 Å². The predicted octanol–water partition coefficient (Wildman–Crippen LogP) is 2.62. The molecule has 2 N–H and O–H groups in total. The lowest BCUT2D eigenvalue weighted by Gasteiger charge is -2.24. The third-order valence-corrected chi connectivity index (χ3v) is 3.01. The Balaban J connectivity index is 2.82. The zero-order chi connectivity index (χ0) is 14.6. The van der Waals surface area contributed by atoms with Crippen LogP contribution >= 0.6 is 15.9 Å². The van der Waals surface area contributed by atoms with Crippen LogP contribution in [0.25, 0.3) is 0 Å². The van der Waals surface area contributed by atoms with Gasteiger partial charge in [-0.05, 0) is 49.7 Å². The first-order chi connectivity index (χ1) is 8.74. The van der Waals surface area contributed by atoms with E-state index in [0.717, 1.165) is 4.47 Å². The lowest BCUT2D eigenvalue weighted by Crippen LogP contribution is -2.46. The van der Waals surface area contributed by atoms with E-state index >= 15 is 0 Å². The largest absolute Gasteiger partial charge is 0.479 e. The predicted molar refractivity (Wildman–Crippen MR) is 78.1 cm³/mol. The summed E-state index contributed by atoms with van der Waals surface area (Å²) in [5.41, 5.74) is 0.340. The Morgan fingerprint density at radius 1 is 1.47 bits per heavy atom.